The van der Waals surface area contributed by atoms with E-state index in [1.165, 1.54) is 6.08 Å². The fourth-order valence-corrected chi connectivity index (χ4v) is 0.555. The Bertz CT molecular complexity index is 122. The van der Waals surface area contributed by atoms with Gasteiger partial charge in [-0.3, -0.25) is 5.32 Å². The minimum absolute atomic E-state index is 0.236. The molecule has 1 heterocycles. The van der Waals surface area contributed by atoms with E-state index in [2.05, 4.69) is 16.6 Å². The Kier molecular flexibility index (Phi) is 1.30. The molecule has 1 aliphatic rings. The molecule has 0 aromatic carbocycles. The van der Waals surface area contributed by atoms with Gasteiger partial charge in [0.25, 0.3) is 0 Å². The topological polar surface area (TPSA) is 38.3 Å². The van der Waals surface area contributed by atoms with Crippen LogP contribution in [0.1, 0.15) is 0 Å². The molecule has 0 aromatic rings. The average Bonchev–Trinajstić information content (AvgIpc) is 2.14. The number of esters is 1. The number of carbonyl (C=O) groups excluding carboxylic acids is 1. The number of cyclic esters (lactones) is 1. The third kappa shape index (κ3) is 0.721. The van der Waals surface area contributed by atoms with E-state index in [9.17, 15) is 4.79 Å². The van der Waals surface area contributed by atoms with Crippen molar-refractivity contribution >= 4 is 5.97 Å². The van der Waals surface area contributed by atoms with Crippen LogP contribution in [0.4, 0.5) is 0 Å². The number of rotatable bonds is 1. The summed E-state index contributed by atoms with van der Waals surface area (Å²) >= 11 is 0. The van der Waals surface area contributed by atoms with Crippen molar-refractivity contribution < 1.29 is 9.53 Å². The Hall–Kier alpha value is -0.830. The zero-order chi connectivity index (χ0) is 5.98. The van der Waals surface area contributed by atoms with Crippen molar-refractivity contribution in [3.8, 4) is 0 Å². The largest absolute Gasteiger partial charge is 0.448 e. The Morgan fingerprint density at radius 3 is 3.00 bits per heavy atom. The summed E-state index contributed by atoms with van der Waals surface area (Å²) in [5, 5.41) is 2.77. The van der Waals surface area contributed by atoms with Gasteiger partial charge in [0, 0.05) is 0 Å². The zero-order valence-corrected chi connectivity index (χ0v) is 4.39. The number of ether oxygens (including phenoxy) is 1. The molecule has 8 heavy (non-hydrogen) atoms. The second kappa shape index (κ2) is 1.96. The first kappa shape index (κ1) is 5.31. The smallest absolute Gasteiger partial charge is 0.328 e. The summed E-state index contributed by atoms with van der Waals surface area (Å²) in [4.78, 5) is 10.4. The van der Waals surface area contributed by atoms with Crippen LogP contribution >= 0.6 is 0 Å². The molecule has 1 aliphatic heterocycles. The Labute approximate surface area is 47.3 Å². The first-order chi connectivity index (χ1) is 3.84. The maximum atomic E-state index is 10.4. The van der Waals surface area contributed by atoms with E-state index in [1.54, 1.807) is 0 Å². The molecule has 3 heteroatoms. The molecule has 1 atom stereocenters. The summed E-state index contributed by atoms with van der Waals surface area (Å²) < 4.78 is 4.54. The first-order valence-electron chi connectivity index (χ1n) is 2.37. The normalized spacial score (nSPS) is 27.5. The highest BCUT2D eigenvalue weighted by Gasteiger charge is 2.21. The van der Waals surface area contributed by atoms with E-state index in [0.29, 0.717) is 6.73 Å². The standard InChI is InChI=1S/C5H7NO2/c1-2-4-5(7)8-3-6-4/h2,4,6H,1,3H2/t4-/m0/s1. The summed E-state index contributed by atoms with van der Waals surface area (Å²) in [6.07, 6.45) is 1.52. The van der Waals surface area contributed by atoms with E-state index >= 15 is 0 Å². The van der Waals surface area contributed by atoms with Gasteiger partial charge in [-0.25, -0.2) is 4.79 Å². The lowest BCUT2D eigenvalue weighted by Crippen LogP contribution is -2.23. The monoisotopic (exact) mass is 113 g/mol. The van der Waals surface area contributed by atoms with E-state index in [-0.39, 0.29) is 12.0 Å². The van der Waals surface area contributed by atoms with E-state index in [4.69, 9.17) is 0 Å². The SMILES string of the molecule is C=C[C@@H]1NCOC1=O. The van der Waals surface area contributed by atoms with Gasteiger partial charge in [0.15, 0.2) is 0 Å². The average molecular weight is 113 g/mol. The molecule has 44 valence electrons. The van der Waals surface area contributed by atoms with Gasteiger partial charge in [0.1, 0.15) is 12.8 Å². The van der Waals surface area contributed by atoms with Crippen molar-refractivity contribution in [3.63, 3.8) is 0 Å². The van der Waals surface area contributed by atoms with E-state index in [0.717, 1.165) is 0 Å². The molecule has 1 fully saturated rings. The van der Waals surface area contributed by atoms with Gasteiger partial charge in [-0.1, -0.05) is 6.08 Å². The zero-order valence-electron chi connectivity index (χ0n) is 4.39. The van der Waals surface area contributed by atoms with Gasteiger partial charge >= 0.3 is 5.97 Å². The molecule has 1 N–H and O–H groups in total. The molecule has 0 aliphatic carbocycles. The number of nitrogens with one attached hydrogen (secondary N) is 1. The molecule has 0 radical (unpaired) electrons. The van der Waals surface area contributed by atoms with Crippen molar-refractivity contribution in [1.29, 1.82) is 0 Å². The van der Waals surface area contributed by atoms with E-state index < -0.39 is 0 Å². The summed E-state index contributed by atoms with van der Waals surface area (Å²) in [5.41, 5.74) is 0. The highest BCUT2D eigenvalue weighted by molar-refractivity contribution is 5.79. The molecule has 0 unspecified atom stereocenters. The molecule has 0 amide bonds. The quantitative estimate of drug-likeness (QED) is 0.373. The van der Waals surface area contributed by atoms with Gasteiger partial charge in [-0.2, -0.15) is 0 Å². The van der Waals surface area contributed by atoms with Crippen molar-refractivity contribution in [2.75, 3.05) is 6.73 Å². The lowest BCUT2D eigenvalue weighted by Gasteiger charge is -1.92. The maximum Gasteiger partial charge on any atom is 0.328 e. The van der Waals surface area contributed by atoms with Gasteiger partial charge in [0.2, 0.25) is 0 Å². The second-order valence-corrected chi connectivity index (χ2v) is 1.53. The van der Waals surface area contributed by atoms with Crippen molar-refractivity contribution in [1.82, 2.24) is 5.32 Å². The molecule has 0 spiro atoms. The van der Waals surface area contributed by atoms with Gasteiger partial charge < -0.3 is 4.74 Å². The second-order valence-electron chi connectivity index (χ2n) is 1.53. The highest BCUT2D eigenvalue weighted by atomic mass is 16.6. The van der Waals surface area contributed by atoms with Gasteiger partial charge in [-0.15, -0.1) is 6.58 Å². The summed E-state index contributed by atoms with van der Waals surface area (Å²) in [6.45, 7) is 3.74. The number of hydrogen-bond acceptors (Lipinski definition) is 3. The Morgan fingerprint density at radius 1 is 2.00 bits per heavy atom. The fraction of sp³-hybridized carbons (Fsp3) is 0.400. The third-order valence-electron chi connectivity index (χ3n) is 1.01. The lowest BCUT2D eigenvalue weighted by atomic mass is 10.3. The van der Waals surface area contributed by atoms with Crippen molar-refractivity contribution in [2.24, 2.45) is 0 Å². The van der Waals surface area contributed by atoms with Gasteiger partial charge in [0.05, 0.1) is 0 Å². The summed E-state index contributed by atoms with van der Waals surface area (Å²) in [7, 11) is 0. The Morgan fingerprint density at radius 2 is 2.75 bits per heavy atom. The van der Waals surface area contributed by atoms with E-state index in [1.807, 2.05) is 0 Å². The van der Waals surface area contributed by atoms with Crippen LogP contribution in [-0.4, -0.2) is 18.7 Å². The molecule has 1 saturated heterocycles. The van der Waals surface area contributed by atoms with Crippen molar-refractivity contribution in [2.45, 2.75) is 6.04 Å². The minimum Gasteiger partial charge on any atom is -0.448 e. The third-order valence-corrected chi connectivity index (χ3v) is 1.01. The van der Waals surface area contributed by atoms with Crippen LogP contribution in [0.5, 0.6) is 0 Å². The van der Waals surface area contributed by atoms with Crippen LogP contribution in [0, 0.1) is 0 Å². The van der Waals surface area contributed by atoms with Crippen LogP contribution in [0.2, 0.25) is 0 Å². The molecule has 3 nitrogen and oxygen atoms in total. The molecule has 0 saturated carbocycles. The summed E-state index contributed by atoms with van der Waals surface area (Å²) in [6, 6.07) is -0.282. The van der Waals surface area contributed by atoms with Gasteiger partial charge in [-0.05, 0) is 0 Å². The van der Waals surface area contributed by atoms with Crippen LogP contribution < -0.4 is 5.32 Å². The molecule has 1 rings (SSSR count). The molecular weight excluding hydrogens is 106 g/mol. The minimum atomic E-state index is -0.282. The van der Waals surface area contributed by atoms with Crippen LogP contribution in [0.15, 0.2) is 12.7 Å². The van der Waals surface area contributed by atoms with Crippen LogP contribution in [0.3, 0.4) is 0 Å². The highest BCUT2D eigenvalue weighted by Crippen LogP contribution is 1.95. The number of carbonyl (C=O) groups is 1. The predicted molar refractivity (Wildman–Crippen MR) is 28.1 cm³/mol. The lowest BCUT2D eigenvalue weighted by molar-refractivity contribution is -0.138. The predicted octanol–water partition coefficient (Wildman–Crippen LogP) is -0.355. The molecule has 0 aromatic heterocycles. The van der Waals surface area contributed by atoms with Crippen LogP contribution in [0.25, 0.3) is 0 Å². The summed E-state index contributed by atoms with van der Waals surface area (Å²) in [5.74, 6) is -0.236. The first-order valence-corrected chi connectivity index (χ1v) is 2.37. The maximum absolute atomic E-state index is 10.4. The number of hydrogen-bond donors (Lipinski definition) is 1. The van der Waals surface area contributed by atoms with Crippen molar-refractivity contribution in [3.05, 3.63) is 12.7 Å². The Balaban J connectivity index is 2.54. The fourth-order valence-electron chi connectivity index (χ4n) is 0.555. The van der Waals surface area contributed by atoms with Crippen LogP contribution in [-0.2, 0) is 9.53 Å². The molecule has 0 bridgehead atoms. The molecular formula is C5H7NO2.